The van der Waals surface area contributed by atoms with Crippen LogP contribution >= 0.6 is 15.9 Å². The first kappa shape index (κ1) is 12.9. The maximum atomic E-state index is 6.01. The van der Waals surface area contributed by atoms with Crippen molar-refractivity contribution < 1.29 is 4.74 Å². The largest absolute Gasteiger partial charge is 0.489 e. The molecule has 0 spiro atoms. The summed E-state index contributed by atoms with van der Waals surface area (Å²) in [6, 6.07) is 4.05. The molecule has 0 aliphatic heterocycles. The molecule has 0 bridgehead atoms. The normalized spacial score (nSPS) is 24.6. The predicted octanol–water partition coefficient (Wildman–Crippen LogP) is 4.32. The Kier molecular flexibility index (Phi) is 4.84. The number of pyridine rings is 1. The van der Waals surface area contributed by atoms with Gasteiger partial charge in [0.15, 0.2) is 0 Å². The van der Waals surface area contributed by atoms with E-state index in [2.05, 4.69) is 27.8 Å². The quantitative estimate of drug-likeness (QED) is 0.772. The van der Waals surface area contributed by atoms with Crippen molar-refractivity contribution in [3.63, 3.8) is 0 Å². The van der Waals surface area contributed by atoms with E-state index in [0.717, 1.165) is 22.7 Å². The molecular weight excluding hydrogens is 278 g/mol. The van der Waals surface area contributed by atoms with Crippen LogP contribution in [-0.4, -0.2) is 11.1 Å². The first-order valence-electron chi connectivity index (χ1n) is 6.49. The topological polar surface area (TPSA) is 22.1 Å². The Morgan fingerprint density at radius 2 is 2.29 bits per heavy atom. The van der Waals surface area contributed by atoms with E-state index in [4.69, 9.17) is 4.74 Å². The summed E-state index contributed by atoms with van der Waals surface area (Å²) < 4.78 is 6.01. The summed E-state index contributed by atoms with van der Waals surface area (Å²) in [5, 5.41) is 0.800. The molecular formula is C14H20BrNO. The molecule has 1 fully saturated rings. The summed E-state index contributed by atoms with van der Waals surface area (Å²) in [4.78, 5) is 4.33. The highest BCUT2D eigenvalue weighted by molar-refractivity contribution is 9.08. The van der Waals surface area contributed by atoms with Gasteiger partial charge >= 0.3 is 0 Å². The van der Waals surface area contributed by atoms with Gasteiger partial charge in [0.25, 0.3) is 0 Å². The fourth-order valence-corrected chi connectivity index (χ4v) is 2.80. The number of alkyl halides is 1. The Bertz CT molecular complexity index is 339. The highest BCUT2D eigenvalue weighted by atomic mass is 79.9. The lowest BCUT2D eigenvalue weighted by atomic mass is 9.85. The van der Waals surface area contributed by atoms with E-state index < -0.39 is 0 Å². The minimum Gasteiger partial charge on any atom is -0.489 e. The second kappa shape index (κ2) is 6.39. The van der Waals surface area contributed by atoms with Crippen molar-refractivity contribution >= 4 is 15.9 Å². The van der Waals surface area contributed by atoms with Crippen molar-refractivity contribution in [1.29, 1.82) is 0 Å². The molecule has 2 nitrogen and oxygen atoms in total. The van der Waals surface area contributed by atoms with Gasteiger partial charge in [-0.05, 0) is 37.3 Å². The monoisotopic (exact) mass is 297 g/mol. The minimum atomic E-state index is 0.394. The van der Waals surface area contributed by atoms with Gasteiger partial charge in [-0.2, -0.15) is 0 Å². The van der Waals surface area contributed by atoms with Crippen LogP contribution < -0.4 is 4.74 Å². The Balaban J connectivity index is 1.90. The zero-order chi connectivity index (χ0) is 12.1. The number of hydrogen-bond donors (Lipinski definition) is 0. The van der Waals surface area contributed by atoms with Crippen LogP contribution in [0.1, 0.15) is 44.7 Å². The highest BCUT2D eigenvalue weighted by Gasteiger charge is 2.21. The highest BCUT2D eigenvalue weighted by Crippen LogP contribution is 2.29. The van der Waals surface area contributed by atoms with Crippen LogP contribution in [0.4, 0.5) is 0 Å². The summed E-state index contributed by atoms with van der Waals surface area (Å²) in [5.41, 5.74) is 1.05. The second-order valence-electron chi connectivity index (χ2n) is 4.80. The van der Waals surface area contributed by atoms with Crippen LogP contribution in [0.15, 0.2) is 18.3 Å². The predicted molar refractivity (Wildman–Crippen MR) is 73.5 cm³/mol. The molecule has 0 radical (unpaired) electrons. The molecule has 1 aliphatic carbocycles. The summed E-state index contributed by atoms with van der Waals surface area (Å²) >= 11 is 3.39. The lowest BCUT2D eigenvalue weighted by molar-refractivity contribution is 0.121. The summed E-state index contributed by atoms with van der Waals surface area (Å²) in [7, 11) is 0. The third-order valence-electron chi connectivity index (χ3n) is 3.55. The Morgan fingerprint density at radius 1 is 1.41 bits per heavy atom. The minimum absolute atomic E-state index is 0.394. The van der Waals surface area contributed by atoms with Gasteiger partial charge in [-0.15, -0.1) is 0 Å². The second-order valence-corrected chi connectivity index (χ2v) is 5.36. The Labute approximate surface area is 112 Å². The van der Waals surface area contributed by atoms with E-state index in [0.29, 0.717) is 6.10 Å². The molecule has 0 saturated heterocycles. The van der Waals surface area contributed by atoms with Gasteiger partial charge in [-0.25, -0.2) is 0 Å². The maximum absolute atomic E-state index is 6.01. The van der Waals surface area contributed by atoms with E-state index in [1.807, 2.05) is 18.3 Å². The molecule has 1 aromatic rings. The van der Waals surface area contributed by atoms with Gasteiger partial charge < -0.3 is 4.74 Å². The average Bonchev–Trinajstić information content (AvgIpc) is 2.40. The van der Waals surface area contributed by atoms with Gasteiger partial charge in [0, 0.05) is 5.33 Å². The van der Waals surface area contributed by atoms with Crippen LogP contribution in [0.25, 0.3) is 0 Å². The van der Waals surface area contributed by atoms with Crippen molar-refractivity contribution in [2.75, 3.05) is 0 Å². The molecule has 1 aliphatic rings. The van der Waals surface area contributed by atoms with Crippen molar-refractivity contribution in [3.05, 3.63) is 24.0 Å². The zero-order valence-corrected chi connectivity index (χ0v) is 11.9. The molecule has 0 N–H and O–H groups in total. The fourth-order valence-electron chi connectivity index (χ4n) is 2.47. The molecule has 1 heterocycles. The van der Waals surface area contributed by atoms with E-state index in [1.54, 1.807) is 0 Å². The zero-order valence-electron chi connectivity index (χ0n) is 10.4. The van der Waals surface area contributed by atoms with E-state index in [-0.39, 0.29) is 0 Å². The van der Waals surface area contributed by atoms with Gasteiger partial charge in [-0.3, -0.25) is 4.98 Å². The molecule has 0 amide bonds. The summed E-state index contributed by atoms with van der Waals surface area (Å²) in [5.74, 6) is 1.76. The number of aromatic nitrogens is 1. The molecule has 2 rings (SSSR count). The molecule has 1 saturated carbocycles. The van der Waals surface area contributed by atoms with Crippen LogP contribution in [0, 0.1) is 5.92 Å². The number of halogens is 1. The van der Waals surface area contributed by atoms with Gasteiger partial charge in [-0.1, -0.05) is 35.7 Å². The molecule has 2 unspecified atom stereocenters. The van der Waals surface area contributed by atoms with Crippen molar-refractivity contribution in [3.8, 4) is 5.75 Å². The SMILES string of the molecule is CCC1CCCC(Oc2ccc(CBr)nc2)C1. The van der Waals surface area contributed by atoms with E-state index in [1.165, 1.54) is 32.1 Å². The maximum Gasteiger partial charge on any atom is 0.138 e. The summed E-state index contributed by atoms with van der Waals surface area (Å²) in [6.45, 7) is 2.28. The first-order valence-corrected chi connectivity index (χ1v) is 7.61. The smallest absolute Gasteiger partial charge is 0.138 e. The van der Waals surface area contributed by atoms with Crippen molar-refractivity contribution in [1.82, 2.24) is 4.98 Å². The molecule has 0 aromatic carbocycles. The number of ether oxygens (including phenoxy) is 1. The van der Waals surface area contributed by atoms with Gasteiger partial charge in [0.2, 0.25) is 0 Å². The van der Waals surface area contributed by atoms with Crippen molar-refractivity contribution in [2.24, 2.45) is 5.92 Å². The fraction of sp³-hybridized carbons (Fsp3) is 0.643. The average molecular weight is 298 g/mol. The van der Waals surface area contributed by atoms with E-state index in [9.17, 15) is 0 Å². The molecule has 94 valence electrons. The van der Waals surface area contributed by atoms with Crippen LogP contribution in [0.5, 0.6) is 5.75 Å². The lowest BCUT2D eigenvalue weighted by Crippen LogP contribution is -2.25. The van der Waals surface area contributed by atoms with Gasteiger partial charge in [0.05, 0.1) is 18.0 Å². The third-order valence-corrected chi connectivity index (χ3v) is 4.12. The molecule has 2 atom stereocenters. The number of nitrogens with zero attached hydrogens (tertiary/aromatic N) is 1. The third kappa shape index (κ3) is 3.70. The van der Waals surface area contributed by atoms with Crippen LogP contribution in [-0.2, 0) is 5.33 Å². The molecule has 3 heteroatoms. The lowest BCUT2D eigenvalue weighted by Gasteiger charge is -2.28. The first-order chi connectivity index (χ1) is 8.31. The standard InChI is InChI=1S/C14H20BrNO/c1-2-11-4-3-5-13(8-11)17-14-7-6-12(9-15)16-10-14/h6-7,10-11,13H,2-5,8-9H2,1H3. The Hall–Kier alpha value is -0.570. The van der Waals surface area contributed by atoms with Crippen LogP contribution in [0.2, 0.25) is 0 Å². The Morgan fingerprint density at radius 3 is 2.94 bits per heavy atom. The van der Waals surface area contributed by atoms with E-state index >= 15 is 0 Å². The molecule has 17 heavy (non-hydrogen) atoms. The van der Waals surface area contributed by atoms with Crippen molar-refractivity contribution in [2.45, 2.75) is 50.5 Å². The number of hydrogen-bond acceptors (Lipinski definition) is 2. The summed E-state index contributed by atoms with van der Waals surface area (Å²) in [6.07, 6.45) is 8.58. The number of rotatable bonds is 4. The van der Waals surface area contributed by atoms with Gasteiger partial charge in [0.1, 0.15) is 5.75 Å². The molecule has 1 aromatic heterocycles. The van der Waals surface area contributed by atoms with Crippen LogP contribution in [0.3, 0.4) is 0 Å².